The van der Waals surface area contributed by atoms with Crippen molar-refractivity contribution < 1.29 is 25.9 Å². The van der Waals surface area contributed by atoms with E-state index >= 15 is 0 Å². The minimum absolute atomic E-state index is 0. The molecule has 0 aromatic carbocycles. The number of carbonyl (C=O) groups is 1. The van der Waals surface area contributed by atoms with E-state index in [1.54, 1.807) is 4.90 Å². The summed E-state index contributed by atoms with van der Waals surface area (Å²) in [6.07, 6.45) is 0.716. The average Bonchev–Trinajstić information content (AvgIpc) is 2.35. The predicted molar refractivity (Wildman–Crippen MR) is 70.3 cm³/mol. The number of nitrogens with two attached hydrogens (primary N) is 1. The van der Waals surface area contributed by atoms with Crippen molar-refractivity contribution in [2.75, 3.05) is 0 Å². The summed E-state index contributed by atoms with van der Waals surface area (Å²) in [5.41, 5.74) is 5.17. The van der Waals surface area contributed by atoms with E-state index < -0.39 is 5.54 Å². The quantitative estimate of drug-likeness (QED) is 0.630. The van der Waals surface area contributed by atoms with Gasteiger partial charge in [0.25, 0.3) is 5.91 Å². The Balaban J connectivity index is 0.00000289. The monoisotopic (exact) mass is 336 g/mol. The van der Waals surface area contributed by atoms with Gasteiger partial charge in [-0.1, -0.05) is 39.7 Å². The first-order chi connectivity index (χ1) is 7.69. The molecule has 1 amide bonds. The first kappa shape index (κ1) is 17.6. The van der Waals surface area contributed by atoms with E-state index in [1.165, 1.54) is 0 Å². The molecule has 1 aliphatic heterocycles. The molecular weight excluding hydrogens is 310 g/mol. The van der Waals surface area contributed by atoms with Gasteiger partial charge in [-0.15, -0.1) is 0 Å². The summed E-state index contributed by atoms with van der Waals surface area (Å²) in [6, 6.07) is -0.153. The van der Waals surface area contributed by atoms with E-state index in [1.807, 2.05) is 20.8 Å². The first-order valence-electron chi connectivity index (χ1n) is 6.21. The molecule has 1 unspecified atom stereocenters. The molecule has 0 fully saturated rings. The van der Waals surface area contributed by atoms with Crippen LogP contribution in [0.4, 0.5) is 0 Å². The Kier molecular flexibility index (Phi) is 6.06. The van der Waals surface area contributed by atoms with E-state index in [2.05, 4.69) is 25.8 Å². The van der Waals surface area contributed by atoms with Gasteiger partial charge in [-0.3, -0.25) is 4.79 Å². The van der Waals surface area contributed by atoms with Crippen LogP contribution < -0.4 is 5.73 Å². The molecule has 0 aromatic rings. The van der Waals surface area contributed by atoms with Crippen molar-refractivity contribution in [3.8, 4) is 0 Å². The van der Waals surface area contributed by atoms with E-state index in [9.17, 15) is 4.79 Å². The van der Waals surface area contributed by atoms with Crippen LogP contribution in [-0.2, 0) is 25.9 Å². The van der Waals surface area contributed by atoms with E-state index in [0.717, 1.165) is 0 Å². The molecule has 2 atom stereocenters. The average molecular weight is 334 g/mol. The van der Waals surface area contributed by atoms with E-state index in [-0.39, 0.29) is 38.9 Å². The van der Waals surface area contributed by atoms with Gasteiger partial charge >= 0.3 is 0 Å². The fraction of sp³-hybridized carbons (Fsp3) is 0.769. The van der Waals surface area contributed by atoms with E-state index in [4.69, 9.17) is 5.73 Å². The Labute approximate surface area is 125 Å². The number of hydrogen-bond donors (Lipinski definition) is 1. The summed E-state index contributed by atoms with van der Waals surface area (Å²) in [6.45, 7) is 14.1. The molecule has 0 saturated carbocycles. The maximum absolute atomic E-state index is 12.4. The molecule has 0 saturated heterocycles. The second-order valence-electron chi connectivity index (χ2n) is 5.83. The fourth-order valence-electron chi connectivity index (χ4n) is 2.26. The molecule has 0 aromatic heterocycles. The summed E-state index contributed by atoms with van der Waals surface area (Å²) >= 11 is 0. The smallest absolute Gasteiger partial charge is 0.254 e. The van der Waals surface area contributed by atoms with Crippen LogP contribution in [0.25, 0.3) is 0 Å². The van der Waals surface area contributed by atoms with Crippen LogP contribution >= 0.6 is 0 Å². The second kappa shape index (κ2) is 6.18. The zero-order chi connectivity index (χ0) is 13.4. The van der Waals surface area contributed by atoms with Crippen LogP contribution in [-0.4, -0.2) is 28.3 Å². The van der Waals surface area contributed by atoms with Gasteiger partial charge in [0.15, 0.2) is 5.96 Å². The third kappa shape index (κ3) is 3.34. The number of aliphatic imine (C=N–C) groups is 1. The van der Waals surface area contributed by atoms with Crippen molar-refractivity contribution in [1.29, 1.82) is 0 Å². The van der Waals surface area contributed by atoms with Crippen LogP contribution in [0, 0.1) is 18.8 Å². The van der Waals surface area contributed by atoms with Gasteiger partial charge in [0, 0.05) is 21.1 Å². The zero-order valence-corrected chi connectivity index (χ0v) is 13.9. The van der Waals surface area contributed by atoms with E-state index in [0.29, 0.717) is 18.3 Å². The van der Waals surface area contributed by atoms with Crippen molar-refractivity contribution in [1.82, 2.24) is 4.90 Å². The molecular formula is C13H24MoN3O-. The Morgan fingerprint density at radius 2 is 1.89 bits per heavy atom. The Morgan fingerprint density at radius 3 is 2.28 bits per heavy atom. The maximum atomic E-state index is 12.4. The molecule has 0 spiro atoms. The number of rotatable bonds is 4. The van der Waals surface area contributed by atoms with Crippen molar-refractivity contribution in [2.45, 2.75) is 52.6 Å². The molecule has 1 aliphatic rings. The normalized spacial score (nSPS) is 25.4. The number of amides is 1. The van der Waals surface area contributed by atoms with Crippen LogP contribution in [0.3, 0.4) is 0 Å². The molecule has 104 valence electrons. The molecule has 4 nitrogen and oxygen atoms in total. The Hall–Kier alpha value is -0.372. The topological polar surface area (TPSA) is 58.7 Å². The Bertz CT molecular complexity index is 341. The number of carbonyl (C=O) groups excluding carboxylic acids is 1. The van der Waals surface area contributed by atoms with Crippen LogP contribution in [0.1, 0.15) is 41.0 Å². The second-order valence-corrected chi connectivity index (χ2v) is 5.83. The minimum Gasteiger partial charge on any atom is -0.369 e. The third-order valence-electron chi connectivity index (χ3n) is 3.19. The van der Waals surface area contributed by atoms with Gasteiger partial charge in [-0.2, -0.15) is 0 Å². The summed E-state index contributed by atoms with van der Waals surface area (Å²) in [7, 11) is 0. The molecule has 0 aliphatic carbocycles. The summed E-state index contributed by atoms with van der Waals surface area (Å²) in [5, 5.41) is 0. The van der Waals surface area contributed by atoms with Gasteiger partial charge in [0.1, 0.15) is 5.54 Å². The molecule has 2 N–H and O–H groups in total. The molecule has 1 heterocycles. The summed E-state index contributed by atoms with van der Waals surface area (Å²) < 4.78 is 0. The SMILES string of the molecule is [CH2-][C@@H](C(C)C)N1C(=O)C(C)(CC(C)C)N=C1N.[Mo]. The van der Waals surface area contributed by atoms with Crippen molar-refractivity contribution in [3.05, 3.63) is 6.92 Å². The van der Waals surface area contributed by atoms with Crippen LogP contribution in [0.5, 0.6) is 0 Å². The standard InChI is InChI=1S/C13H24N3O.Mo/c1-8(2)7-13(6)11(17)16(12(14)15-13)10(5)9(3)4;/h8-10H,5,7H2,1-4,6H3,(H2,14,15);/q-1;/t10-,13?;/m0./s1. The molecule has 1 rings (SSSR count). The van der Waals surface area contributed by atoms with Crippen molar-refractivity contribution in [3.63, 3.8) is 0 Å². The predicted octanol–water partition coefficient (Wildman–Crippen LogP) is 1.80. The number of hydrogen-bond acceptors (Lipinski definition) is 3. The summed E-state index contributed by atoms with van der Waals surface area (Å²) in [4.78, 5) is 18.3. The van der Waals surface area contributed by atoms with Crippen molar-refractivity contribution >= 4 is 11.9 Å². The fourth-order valence-corrected chi connectivity index (χ4v) is 2.26. The third-order valence-corrected chi connectivity index (χ3v) is 3.19. The molecule has 18 heavy (non-hydrogen) atoms. The maximum Gasteiger partial charge on any atom is 0.254 e. The Morgan fingerprint density at radius 1 is 1.39 bits per heavy atom. The number of nitrogens with zero attached hydrogens (tertiary/aromatic N) is 2. The van der Waals surface area contributed by atoms with Gasteiger partial charge in [0.2, 0.25) is 0 Å². The first-order valence-corrected chi connectivity index (χ1v) is 6.21. The van der Waals surface area contributed by atoms with Gasteiger partial charge in [0.05, 0.1) is 0 Å². The van der Waals surface area contributed by atoms with Crippen molar-refractivity contribution in [2.24, 2.45) is 22.6 Å². The molecule has 5 heteroatoms. The largest absolute Gasteiger partial charge is 0.369 e. The zero-order valence-electron chi connectivity index (χ0n) is 11.9. The van der Waals surface area contributed by atoms with Crippen LogP contribution in [0.2, 0.25) is 0 Å². The van der Waals surface area contributed by atoms with Gasteiger partial charge in [-0.25, -0.2) is 4.99 Å². The van der Waals surface area contributed by atoms with Gasteiger partial charge < -0.3 is 17.6 Å². The number of guanidine groups is 1. The summed E-state index contributed by atoms with van der Waals surface area (Å²) in [5.74, 6) is 0.959. The van der Waals surface area contributed by atoms with Gasteiger partial charge in [-0.05, 0) is 19.3 Å². The molecule has 0 bridgehead atoms. The minimum atomic E-state index is -0.705. The molecule has 0 radical (unpaired) electrons. The van der Waals surface area contributed by atoms with Crippen LogP contribution in [0.15, 0.2) is 4.99 Å².